The van der Waals surface area contributed by atoms with Gasteiger partial charge in [0.05, 0.1) is 4.88 Å². The van der Waals surface area contributed by atoms with E-state index in [9.17, 15) is 0 Å². The molecule has 0 saturated carbocycles. The molecule has 3 heterocycles. The minimum atomic E-state index is 0. The van der Waals surface area contributed by atoms with Crippen LogP contribution in [0.15, 0.2) is 40.2 Å². The van der Waals surface area contributed by atoms with Crippen LogP contribution in [0.1, 0.15) is 30.8 Å². The average Bonchev–Trinajstić information content (AvgIpc) is 3.25. The number of aromatic nitrogens is 2. The molecule has 0 saturated heterocycles. The Kier molecular flexibility index (Phi) is 4.78. The van der Waals surface area contributed by atoms with E-state index in [1.54, 1.807) is 11.3 Å². The van der Waals surface area contributed by atoms with Crippen LogP contribution >= 0.6 is 23.7 Å². The minimum Gasteiger partial charge on any atom is -0.398 e. The van der Waals surface area contributed by atoms with E-state index < -0.39 is 0 Å². The van der Waals surface area contributed by atoms with Gasteiger partial charge in [-0.15, -0.1) is 23.7 Å². The van der Waals surface area contributed by atoms with Gasteiger partial charge in [0.1, 0.15) is 6.04 Å². The Labute approximate surface area is 150 Å². The highest BCUT2D eigenvalue weighted by atomic mass is 35.5. The highest BCUT2D eigenvalue weighted by molar-refractivity contribution is 7.13. The van der Waals surface area contributed by atoms with E-state index in [4.69, 9.17) is 10.3 Å². The summed E-state index contributed by atoms with van der Waals surface area (Å²) in [5.41, 5.74) is 9.40. The third kappa shape index (κ3) is 2.87. The van der Waals surface area contributed by atoms with Gasteiger partial charge in [-0.3, -0.25) is 0 Å². The third-order valence-electron chi connectivity index (χ3n) is 4.33. The maximum atomic E-state index is 6.13. The molecule has 7 heteroatoms. The van der Waals surface area contributed by atoms with Crippen molar-refractivity contribution in [2.45, 2.75) is 25.8 Å². The van der Waals surface area contributed by atoms with Gasteiger partial charge in [0.25, 0.3) is 0 Å². The van der Waals surface area contributed by atoms with Gasteiger partial charge < -0.3 is 15.2 Å². The second-order valence-electron chi connectivity index (χ2n) is 5.75. The molecular formula is C17H19ClN4OS. The second-order valence-corrected chi connectivity index (χ2v) is 6.70. The quantitative estimate of drug-likeness (QED) is 0.703. The first-order valence-electron chi connectivity index (χ1n) is 7.75. The second kappa shape index (κ2) is 6.83. The Bertz CT molecular complexity index is 818. The van der Waals surface area contributed by atoms with Crippen molar-refractivity contribution in [3.63, 3.8) is 0 Å². The molecule has 0 amide bonds. The number of anilines is 2. The zero-order valence-corrected chi connectivity index (χ0v) is 14.9. The fourth-order valence-electron chi connectivity index (χ4n) is 3.13. The topological polar surface area (TPSA) is 68.2 Å². The number of nitrogens with zero attached hydrogens (tertiary/aromatic N) is 3. The maximum Gasteiger partial charge on any atom is 0.249 e. The van der Waals surface area contributed by atoms with Crippen LogP contribution in [0.2, 0.25) is 0 Å². The first-order valence-corrected chi connectivity index (χ1v) is 8.63. The highest BCUT2D eigenvalue weighted by Gasteiger charge is 2.27. The largest absolute Gasteiger partial charge is 0.398 e. The summed E-state index contributed by atoms with van der Waals surface area (Å²) in [6.45, 7) is 3.07. The van der Waals surface area contributed by atoms with Crippen LogP contribution in [-0.2, 0) is 6.42 Å². The molecule has 0 spiro atoms. The fraction of sp³-hybridized carbons (Fsp3) is 0.294. The number of hydrogen-bond acceptors (Lipinski definition) is 6. The van der Waals surface area contributed by atoms with Gasteiger partial charge in [0.2, 0.25) is 11.7 Å². The molecule has 5 nitrogen and oxygen atoms in total. The van der Waals surface area contributed by atoms with E-state index in [0.717, 1.165) is 30.0 Å². The Morgan fingerprint density at radius 3 is 2.96 bits per heavy atom. The van der Waals surface area contributed by atoms with Crippen molar-refractivity contribution in [3.05, 3.63) is 47.2 Å². The number of nitrogen functional groups attached to an aromatic ring is 1. The van der Waals surface area contributed by atoms with Crippen LogP contribution in [0.25, 0.3) is 10.7 Å². The molecule has 4 rings (SSSR count). The molecule has 0 bridgehead atoms. The van der Waals surface area contributed by atoms with Gasteiger partial charge >= 0.3 is 0 Å². The van der Waals surface area contributed by atoms with E-state index in [1.165, 1.54) is 11.3 Å². The minimum absolute atomic E-state index is 0. The molecule has 1 aliphatic heterocycles. The van der Waals surface area contributed by atoms with Crippen molar-refractivity contribution >= 4 is 35.1 Å². The Balaban J connectivity index is 0.00000169. The number of hydrogen-bond donors (Lipinski definition) is 1. The summed E-state index contributed by atoms with van der Waals surface area (Å²) >= 11 is 1.61. The molecule has 3 aromatic rings. The highest BCUT2D eigenvalue weighted by Crippen LogP contribution is 2.36. The lowest BCUT2D eigenvalue weighted by Crippen LogP contribution is -2.32. The first kappa shape index (κ1) is 16.8. The summed E-state index contributed by atoms with van der Waals surface area (Å²) in [4.78, 5) is 7.91. The lowest BCUT2D eigenvalue weighted by molar-refractivity contribution is 0.353. The van der Waals surface area contributed by atoms with Gasteiger partial charge in [0.15, 0.2) is 0 Å². The molecule has 1 atom stereocenters. The van der Waals surface area contributed by atoms with Crippen molar-refractivity contribution in [2.24, 2.45) is 0 Å². The van der Waals surface area contributed by atoms with E-state index in [0.29, 0.717) is 11.7 Å². The summed E-state index contributed by atoms with van der Waals surface area (Å²) in [5.74, 6) is 1.30. The fourth-order valence-corrected chi connectivity index (χ4v) is 3.78. The predicted octanol–water partition coefficient (Wildman–Crippen LogP) is 4.32. The van der Waals surface area contributed by atoms with Crippen molar-refractivity contribution in [2.75, 3.05) is 17.2 Å². The molecule has 2 aromatic heterocycles. The summed E-state index contributed by atoms with van der Waals surface area (Å²) in [6.07, 6.45) is 2.10. The average molecular weight is 363 g/mol. The zero-order valence-electron chi connectivity index (χ0n) is 13.3. The Morgan fingerprint density at radius 2 is 2.17 bits per heavy atom. The van der Waals surface area contributed by atoms with Gasteiger partial charge in [-0.1, -0.05) is 17.3 Å². The monoisotopic (exact) mass is 362 g/mol. The number of nitrogens with two attached hydrogens (primary N) is 1. The molecule has 2 N–H and O–H groups in total. The van der Waals surface area contributed by atoms with Crippen LogP contribution in [0.4, 0.5) is 11.4 Å². The van der Waals surface area contributed by atoms with Crippen LogP contribution in [-0.4, -0.2) is 16.7 Å². The normalized spacial score (nSPS) is 14.8. The molecule has 0 fully saturated rings. The van der Waals surface area contributed by atoms with Gasteiger partial charge in [-0.05, 0) is 48.9 Å². The van der Waals surface area contributed by atoms with Crippen LogP contribution in [0.5, 0.6) is 0 Å². The number of fused-ring (bicyclic) bond motifs is 1. The van der Waals surface area contributed by atoms with Crippen LogP contribution in [0, 0.1) is 0 Å². The number of rotatable bonds is 3. The molecule has 24 heavy (non-hydrogen) atoms. The number of halogens is 1. The van der Waals surface area contributed by atoms with Crippen molar-refractivity contribution in [1.29, 1.82) is 0 Å². The predicted molar refractivity (Wildman–Crippen MR) is 99.8 cm³/mol. The molecular weight excluding hydrogens is 344 g/mol. The third-order valence-corrected chi connectivity index (χ3v) is 5.20. The van der Waals surface area contributed by atoms with Gasteiger partial charge in [0, 0.05) is 17.9 Å². The summed E-state index contributed by atoms with van der Waals surface area (Å²) in [5, 5.41) is 6.13. The van der Waals surface area contributed by atoms with Crippen molar-refractivity contribution < 1.29 is 4.52 Å². The first-order chi connectivity index (χ1) is 11.2. The SMILES string of the molecule is CC(c1nc(-c2cccs2)no1)N1CCCc2c(N)cccc21.Cl. The lowest BCUT2D eigenvalue weighted by atomic mass is 9.98. The van der Waals surface area contributed by atoms with E-state index in [2.05, 4.69) is 28.0 Å². The summed E-state index contributed by atoms with van der Waals surface area (Å²) in [7, 11) is 0. The standard InChI is InChI=1S/C17H18N4OS.ClH/c1-11(17-19-16(20-22-17)15-8-4-10-23-15)21-9-3-5-12-13(18)6-2-7-14(12)21;/h2,4,6-8,10-11H,3,5,9,18H2,1H3;1H. The molecule has 0 radical (unpaired) electrons. The van der Waals surface area contributed by atoms with Gasteiger partial charge in [-0.25, -0.2) is 0 Å². The smallest absolute Gasteiger partial charge is 0.249 e. The van der Waals surface area contributed by atoms with Crippen LogP contribution < -0.4 is 10.6 Å². The summed E-state index contributed by atoms with van der Waals surface area (Å²) in [6, 6.07) is 10.1. The van der Waals surface area contributed by atoms with Crippen LogP contribution in [0.3, 0.4) is 0 Å². The lowest BCUT2D eigenvalue weighted by Gasteiger charge is -2.35. The van der Waals surface area contributed by atoms with E-state index in [-0.39, 0.29) is 18.4 Å². The molecule has 1 aromatic carbocycles. The Hall–Kier alpha value is -2.05. The van der Waals surface area contributed by atoms with Crippen molar-refractivity contribution in [1.82, 2.24) is 10.1 Å². The van der Waals surface area contributed by atoms with E-state index >= 15 is 0 Å². The van der Waals surface area contributed by atoms with E-state index in [1.807, 2.05) is 29.6 Å². The number of benzene rings is 1. The maximum absolute atomic E-state index is 6.13. The summed E-state index contributed by atoms with van der Waals surface area (Å²) < 4.78 is 5.52. The number of thiophene rings is 1. The molecule has 0 aliphatic carbocycles. The van der Waals surface area contributed by atoms with Crippen molar-refractivity contribution in [3.8, 4) is 10.7 Å². The Morgan fingerprint density at radius 1 is 1.29 bits per heavy atom. The molecule has 1 aliphatic rings. The molecule has 126 valence electrons. The zero-order chi connectivity index (χ0) is 15.8. The van der Waals surface area contributed by atoms with Gasteiger partial charge in [-0.2, -0.15) is 4.98 Å². The molecule has 1 unspecified atom stereocenters.